The molecule has 3 aromatic rings. The lowest BCUT2D eigenvalue weighted by molar-refractivity contribution is 0.0697. The van der Waals surface area contributed by atoms with Crippen LogP contribution in [0.2, 0.25) is 0 Å². The van der Waals surface area contributed by atoms with E-state index in [-0.39, 0.29) is 17.6 Å². The van der Waals surface area contributed by atoms with Crippen molar-refractivity contribution in [3.63, 3.8) is 0 Å². The van der Waals surface area contributed by atoms with Gasteiger partial charge in [0.25, 0.3) is 0 Å². The van der Waals surface area contributed by atoms with Crippen molar-refractivity contribution in [2.45, 2.75) is 12.1 Å². The number of likely N-dealkylation sites (N-methyl/N-ethyl adjacent to an activating group) is 1. The van der Waals surface area contributed by atoms with Crippen molar-refractivity contribution in [1.29, 1.82) is 0 Å². The highest BCUT2D eigenvalue weighted by molar-refractivity contribution is 7.80. The van der Waals surface area contributed by atoms with E-state index < -0.39 is 5.97 Å². The van der Waals surface area contributed by atoms with Crippen LogP contribution in [0.15, 0.2) is 67.0 Å². The molecule has 1 aliphatic heterocycles. The Morgan fingerprint density at radius 1 is 1.15 bits per heavy atom. The molecule has 6 nitrogen and oxygen atoms in total. The number of carboxylic acids is 1. The van der Waals surface area contributed by atoms with Crippen molar-refractivity contribution < 1.29 is 9.90 Å². The fourth-order valence-corrected chi connectivity index (χ4v) is 3.70. The number of carbonyl (C=O) groups is 1. The van der Waals surface area contributed by atoms with E-state index in [1.165, 1.54) is 0 Å². The summed E-state index contributed by atoms with van der Waals surface area (Å²) in [6, 6.07) is 16.6. The number of hydrogen-bond acceptors (Lipinski definition) is 3. The molecule has 0 spiro atoms. The van der Waals surface area contributed by atoms with Crippen molar-refractivity contribution in [3.8, 4) is 5.69 Å². The van der Waals surface area contributed by atoms with Crippen molar-refractivity contribution >= 4 is 23.3 Å². The predicted octanol–water partition coefficient (Wildman–Crippen LogP) is 3.17. The average Bonchev–Trinajstić information content (AvgIpc) is 3.27. The first-order valence-corrected chi connectivity index (χ1v) is 8.92. The maximum atomic E-state index is 11.1. The molecule has 0 radical (unpaired) electrons. The van der Waals surface area contributed by atoms with E-state index in [9.17, 15) is 4.79 Å². The minimum absolute atomic E-state index is 0.0402. The third-order valence-corrected chi connectivity index (χ3v) is 5.22. The molecule has 1 fully saturated rings. The molecule has 0 bridgehead atoms. The van der Waals surface area contributed by atoms with Crippen LogP contribution in [0, 0.1) is 0 Å². The van der Waals surface area contributed by atoms with E-state index in [2.05, 4.69) is 20.9 Å². The normalized spacial score (nSPS) is 19.1. The van der Waals surface area contributed by atoms with Crippen LogP contribution >= 0.6 is 12.2 Å². The van der Waals surface area contributed by atoms with Gasteiger partial charge in [-0.2, -0.15) is 0 Å². The highest BCUT2D eigenvalue weighted by atomic mass is 32.1. The summed E-state index contributed by atoms with van der Waals surface area (Å²) in [6.07, 6.45) is 3.74. The highest BCUT2D eigenvalue weighted by Gasteiger charge is 2.39. The smallest absolute Gasteiger partial charge is 0.335 e. The van der Waals surface area contributed by atoms with Gasteiger partial charge in [-0.05, 0) is 60.7 Å². The van der Waals surface area contributed by atoms with Crippen LogP contribution in [0.5, 0.6) is 0 Å². The van der Waals surface area contributed by atoms with Gasteiger partial charge in [0.1, 0.15) is 0 Å². The summed E-state index contributed by atoms with van der Waals surface area (Å²) < 4.78 is 2.05. The highest BCUT2D eigenvalue weighted by Crippen LogP contribution is 2.38. The zero-order valence-corrected chi connectivity index (χ0v) is 15.4. The van der Waals surface area contributed by atoms with Gasteiger partial charge < -0.3 is 19.9 Å². The van der Waals surface area contributed by atoms with Crippen LogP contribution < -0.4 is 5.32 Å². The molecule has 0 amide bonds. The Morgan fingerprint density at radius 2 is 1.93 bits per heavy atom. The van der Waals surface area contributed by atoms with Gasteiger partial charge >= 0.3 is 5.97 Å². The number of nitrogens with zero attached hydrogens (tertiary/aromatic N) is 3. The van der Waals surface area contributed by atoms with E-state index >= 15 is 0 Å². The van der Waals surface area contributed by atoms with E-state index in [0.717, 1.165) is 17.1 Å². The summed E-state index contributed by atoms with van der Waals surface area (Å²) in [4.78, 5) is 17.6. The molecule has 2 aromatic heterocycles. The van der Waals surface area contributed by atoms with Crippen molar-refractivity contribution in [3.05, 3.63) is 83.9 Å². The topological polar surface area (TPSA) is 70.4 Å². The van der Waals surface area contributed by atoms with Gasteiger partial charge in [0, 0.05) is 30.8 Å². The van der Waals surface area contributed by atoms with Crippen LogP contribution in [0.4, 0.5) is 0 Å². The largest absolute Gasteiger partial charge is 0.478 e. The molecule has 0 unspecified atom stereocenters. The molecule has 3 heterocycles. The van der Waals surface area contributed by atoms with Crippen molar-refractivity contribution in [1.82, 2.24) is 19.8 Å². The monoisotopic (exact) mass is 378 g/mol. The molecule has 7 heteroatoms. The van der Waals surface area contributed by atoms with Crippen LogP contribution in [-0.4, -0.2) is 37.7 Å². The number of aromatic nitrogens is 2. The number of pyridine rings is 1. The second kappa shape index (κ2) is 6.85. The molecule has 136 valence electrons. The molecule has 2 N–H and O–H groups in total. The molecule has 1 aliphatic rings. The average molecular weight is 378 g/mol. The SMILES string of the molecule is CN1C(=S)N[C@@H](c2ccccn2)[C@H]1c1cccn1-c1ccc(C(=O)O)cc1. The lowest BCUT2D eigenvalue weighted by Crippen LogP contribution is -2.25. The number of aromatic carboxylic acids is 1. The molecule has 4 rings (SSSR count). The van der Waals surface area contributed by atoms with Crippen molar-refractivity contribution in [2.75, 3.05) is 7.05 Å². The predicted molar refractivity (Wildman–Crippen MR) is 106 cm³/mol. The Hall–Kier alpha value is -3.19. The maximum Gasteiger partial charge on any atom is 0.335 e. The number of nitrogens with one attached hydrogen (secondary N) is 1. The number of hydrogen-bond donors (Lipinski definition) is 2. The van der Waals surface area contributed by atoms with Gasteiger partial charge in [-0.1, -0.05) is 6.07 Å². The summed E-state index contributed by atoms with van der Waals surface area (Å²) >= 11 is 5.49. The van der Waals surface area contributed by atoms with Gasteiger partial charge in [0.2, 0.25) is 0 Å². The molecule has 2 atom stereocenters. The molecule has 0 aliphatic carbocycles. The lowest BCUT2D eigenvalue weighted by Gasteiger charge is -2.25. The fourth-order valence-electron chi connectivity index (χ4n) is 3.46. The van der Waals surface area contributed by atoms with Crippen LogP contribution in [0.25, 0.3) is 5.69 Å². The molecular formula is C20H18N4O2S. The van der Waals surface area contributed by atoms with Gasteiger partial charge in [-0.15, -0.1) is 0 Å². The van der Waals surface area contributed by atoms with Crippen molar-refractivity contribution in [2.24, 2.45) is 0 Å². The van der Waals surface area contributed by atoms with E-state index in [1.807, 2.05) is 54.5 Å². The Labute approximate surface area is 162 Å². The number of thiocarbonyl (C=S) groups is 1. The Morgan fingerprint density at radius 3 is 2.59 bits per heavy atom. The van der Waals surface area contributed by atoms with Gasteiger partial charge in [-0.25, -0.2) is 4.79 Å². The minimum atomic E-state index is -0.936. The first kappa shape index (κ1) is 17.2. The second-order valence-corrected chi connectivity index (χ2v) is 6.78. The summed E-state index contributed by atoms with van der Waals surface area (Å²) in [7, 11) is 1.97. The summed E-state index contributed by atoms with van der Waals surface area (Å²) in [5.41, 5.74) is 3.12. The van der Waals surface area contributed by atoms with Gasteiger partial charge in [0.15, 0.2) is 5.11 Å². The summed E-state index contributed by atoms with van der Waals surface area (Å²) in [5.74, 6) is -0.936. The van der Waals surface area contributed by atoms with E-state index in [0.29, 0.717) is 5.11 Å². The first-order valence-electron chi connectivity index (χ1n) is 8.51. The van der Waals surface area contributed by atoms with Gasteiger partial charge in [0.05, 0.1) is 23.3 Å². The van der Waals surface area contributed by atoms with E-state index in [4.69, 9.17) is 17.3 Å². The molecular weight excluding hydrogens is 360 g/mol. The molecule has 0 saturated carbocycles. The maximum absolute atomic E-state index is 11.1. The van der Waals surface area contributed by atoms with Crippen LogP contribution in [0.1, 0.15) is 33.8 Å². The quantitative estimate of drug-likeness (QED) is 0.680. The summed E-state index contributed by atoms with van der Waals surface area (Å²) in [6.45, 7) is 0. The Kier molecular flexibility index (Phi) is 4.37. The Balaban J connectivity index is 1.75. The summed E-state index contributed by atoms with van der Waals surface area (Å²) in [5, 5.41) is 13.2. The zero-order valence-electron chi connectivity index (χ0n) is 14.6. The Bertz CT molecular complexity index is 985. The molecule has 1 aromatic carbocycles. The first-order chi connectivity index (χ1) is 13.1. The van der Waals surface area contributed by atoms with Crippen LogP contribution in [-0.2, 0) is 0 Å². The third kappa shape index (κ3) is 3.06. The standard InChI is InChI=1S/C20H18N4O2S/c1-23-18(17(22-20(23)27)15-5-2-3-11-21-15)16-6-4-12-24(16)14-9-7-13(8-10-14)19(25)26/h2-12,17-18H,1H3,(H,22,27)(H,25,26)/t17-,18+/m0/s1. The molecule has 1 saturated heterocycles. The second-order valence-electron chi connectivity index (χ2n) is 6.39. The zero-order chi connectivity index (χ0) is 19.0. The van der Waals surface area contributed by atoms with E-state index in [1.54, 1.807) is 18.3 Å². The molecule has 27 heavy (non-hydrogen) atoms. The third-order valence-electron chi connectivity index (χ3n) is 4.81. The van der Waals surface area contributed by atoms with Crippen LogP contribution in [0.3, 0.4) is 0 Å². The number of rotatable bonds is 4. The lowest BCUT2D eigenvalue weighted by atomic mass is 10.0. The fraction of sp³-hybridized carbons (Fsp3) is 0.150. The number of benzene rings is 1. The minimum Gasteiger partial charge on any atom is -0.478 e. The number of carboxylic acid groups (broad SMARTS) is 1. The van der Waals surface area contributed by atoms with Gasteiger partial charge in [-0.3, -0.25) is 4.98 Å².